The molecule has 1 amide bonds. The lowest BCUT2D eigenvalue weighted by atomic mass is 10.1. The lowest BCUT2D eigenvalue weighted by Crippen LogP contribution is -2.35. The van der Waals surface area contributed by atoms with Crippen LogP contribution in [0.1, 0.15) is 35.2 Å². The summed E-state index contributed by atoms with van der Waals surface area (Å²) in [5.74, 6) is -2.17. The number of sulfonamides is 1. The van der Waals surface area contributed by atoms with Crippen LogP contribution in [0.15, 0.2) is 47.4 Å². The van der Waals surface area contributed by atoms with Crippen molar-refractivity contribution in [2.75, 3.05) is 18.4 Å². The highest BCUT2D eigenvalue weighted by Crippen LogP contribution is 2.30. The van der Waals surface area contributed by atoms with Crippen molar-refractivity contribution >= 4 is 21.6 Å². The van der Waals surface area contributed by atoms with E-state index in [1.54, 1.807) is 0 Å². The van der Waals surface area contributed by atoms with Crippen LogP contribution >= 0.6 is 0 Å². The lowest BCUT2D eigenvalue weighted by molar-refractivity contribution is -0.137. The summed E-state index contributed by atoms with van der Waals surface area (Å²) in [7, 11) is -3.65. The molecule has 0 bridgehead atoms. The van der Waals surface area contributed by atoms with Gasteiger partial charge in [-0.2, -0.15) is 17.5 Å². The monoisotopic (exact) mass is 430 g/mol. The highest BCUT2D eigenvalue weighted by Gasteiger charge is 2.32. The Labute approximate surface area is 165 Å². The van der Waals surface area contributed by atoms with Crippen molar-refractivity contribution in [1.29, 1.82) is 0 Å². The number of halogens is 4. The van der Waals surface area contributed by atoms with Crippen molar-refractivity contribution in [3.05, 3.63) is 59.4 Å². The normalized spacial score (nSPS) is 15.9. The van der Waals surface area contributed by atoms with E-state index in [1.807, 2.05) is 0 Å². The molecule has 1 aliphatic rings. The Bertz CT molecular complexity index is 999. The summed E-state index contributed by atoms with van der Waals surface area (Å²) in [6, 6.07) is 6.75. The minimum Gasteiger partial charge on any atom is -0.322 e. The maximum absolute atomic E-state index is 13.8. The molecule has 0 aromatic heterocycles. The van der Waals surface area contributed by atoms with Crippen molar-refractivity contribution in [3.63, 3.8) is 0 Å². The molecule has 2 aromatic rings. The van der Waals surface area contributed by atoms with Gasteiger partial charge in [0.25, 0.3) is 5.91 Å². The van der Waals surface area contributed by atoms with Gasteiger partial charge in [0, 0.05) is 18.8 Å². The SMILES string of the molecule is O=C(Nc1ccc(S(=O)(=O)N2CCCCC2)cc1)c1cc(C(F)(F)F)ccc1F. The van der Waals surface area contributed by atoms with Gasteiger partial charge < -0.3 is 5.32 Å². The molecular weight excluding hydrogens is 412 g/mol. The first-order chi connectivity index (χ1) is 13.6. The van der Waals surface area contributed by atoms with Crippen LogP contribution in [0.2, 0.25) is 0 Å². The number of anilines is 1. The lowest BCUT2D eigenvalue weighted by Gasteiger charge is -2.25. The van der Waals surface area contributed by atoms with Crippen LogP contribution in [0.5, 0.6) is 0 Å². The minimum atomic E-state index is -4.72. The van der Waals surface area contributed by atoms with Crippen LogP contribution < -0.4 is 5.32 Å². The molecule has 1 heterocycles. The molecule has 1 fully saturated rings. The van der Waals surface area contributed by atoms with Gasteiger partial charge in [-0.15, -0.1) is 0 Å². The number of nitrogens with zero attached hydrogens (tertiary/aromatic N) is 1. The molecule has 1 N–H and O–H groups in total. The van der Waals surface area contributed by atoms with Crippen LogP contribution in [0.25, 0.3) is 0 Å². The fraction of sp³-hybridized carbons (Fsp3) is 0.316. The van der Waals surface area contributed by atoms with Gasteiger partial charge in [-0.3, -0.25) is 4.79 Å². The number of carbonyl (C=O) groups is 1. The molecule has 3 rings (SSSR count). The summed E-state index contributed by atoms with van der Waals surface area (Å²) in [6.07, 6.45) is -2.16. The quantitative estimate of drug-likeness (QED) is 0.737. The van der Waals surface area contributed by atoms with Gasteiger partial charge in [-0.1, -0.05) is 6.42 Å². The van der Waals surface area contributed by atoms with E-state index in [4.69, 9.17) is 0 Å². The second kappa shape index (κ2) is 8.11. The Balaban J connectivity index is 1.77. The molecule has 0 radical (unpaired) electrons. The smallest absolute Gasteiger partial charge is 0.322 e. The van der Waals surface area contributed by atoms with Crippen LogP contribution in [-0.2, 0) is 16.2 Å². The van der Waals surface area contributed by atoms with E-state index in [0.29, 0.717) is 31.3 Å². The number of hydrogen-bond donors (Lipinski definition) is 1. The average Bonchev–Trinajstić information content (AvgIpc) is 2.68. The van der Waals surface area contributed by atoms with Gasteiger partial charge in [-0.25, -0.2) is 12.8 Å². The van der Waals surface area contributed by atoms with Crippen LogP contribution in [0, 0.1) is 5.82 Å². The van der Waals surface area contributed by atoms with Crippen molar-refractivity contribution < 1.29 is 30.8 Å². The molecule has 1 aliphatic heterocycles. The zero-order chi connectivity index (χ0) is 21.2. The van der Waals surface area contributed by atoms with Crippen molar-refractivity contribution in [2.45, 2.75) is 30.3 Å². The molecular formula is C19H18F4N2O3S. The van der Waals surface area contributed by atoms with Crippen molar-refractivity contribution in [3.8, 4) is 0 Å². The highest BCUT2D eigenvalue weighted by atomic mass is 32.2. The number of carbonyl (C=O) groups excluding carboxylic acids is 1. The molecule has 1 saturated heterocycles. The number of alkyl halides is 3. The number of piperidine rings is 1. The maximum Gasteiger partial charge on any atom is 0.416 e. The third-order valence-electron chi connectivity index (χ3n) is 4.60. The molecule has 5 nitrogen and oxygen atoms in total. The van der Waals surface area contributed by atoms with Gasteiger partial charge in [-0.05, 0) is 55.3 Å². The van der Waals surface area contributed by atoms with Gasteiger partial charge in [0.2, 0.25) is 10.0 Å². The Morgan fingerprint density at radius 1 is 0.966 bits per heavy atom. The summed E-state index contributed by atoms with van der Waals surface area (Å²) in [4.78, 5) is 12.2. The largest absolute Gasteiger partial charge is 0.416 e. The van der Waals surface area contributed by atoms with Gasteiger partial charge in [0.1, 0.15) is 5.82 Å². The Morgan fingerprint density at radius 2 is 1.59 bits per heavy atom. The zero-order valence-electron chi connectivity index (χ0n) is 15.2. The Kier molecular flexibility index (Phi) is 5.95. The average molecular weight is 430 g/mol. The maximum atomic E-state index is 13.8. The first kappa shape index (κ1) is 21.3. The first-order valence-corrected chi connectivity index (χ1v) is 10.3. The van der Waals surface area contributed by atoms with E-state index in [0.717, 1.165) is 19.3 Å². The van der Waals surface area contributed by atoms with Crippen molar-refractivity contribution in [2.24, 2.45) is 0 Å². The summed E-state index contributed by atoms with van der Waals surface area (Å²) in [6.45, 7) is 0.880. The zero-order valence-corrected chi connectivity index (χ0v) is 16.0. The van der Waals surface area contributed by atoms with E-state index in [-0.39, 0.29) is 10.6 Å². The van der Waals surface area contributed by atoms with Crippen LogP contribution in [0.3, 0.4) is 0 Å². The number of rotatable bonds is 4. The minimum absolute atomic E-state index is 0.0441. The molecule has 0 spiro atoms. The first-order valence-electron chi connectivity index (χ1n) is 8.87. The molecule has 0 atom stereocenters. The number of nitrogens with one attached hydrogen (secondary N) is 1. The third-order valence-corrected chi connectivity index (χ3v) is 6.52. The fourth-order valence-electron chi connectivity index (χ4n) is 3.04. The van der Waals surface area contributed by atoms with Gasteiger partial charge >= 0.3 is 6.18 Å². The standard InChI is InChI=1S/C19H18F4N2O3S/c20-17-9-4-13(19(21,22)23)12-16(17)18(26)24-14-5-7-15(8-6-14)29(27,28)25-10-2-1-3-11-25/h4-9,12H,1-3,10-11H2,(H,24,26). The molecule has 156 valence electrons. The summed E-state index contributed by atoms with van der Waals surface area (Å²) >= 11 is 0. The predicted octanol–water partition coefficient (Wildman–Crippen LogP) is 4.27. The number of hydrogen-bond acceptors (Lipinski definition) is 3. The molecule has 0 unspecified atom stereocenters. The number of benzene rings is 2. The van der Waals surface area contributed by atoms with Gasteiger partial charge in [0.15, 0.2) is 0 Å². The van der Waals surface area contributed by atoms with Gasteiger partial charge in [0.05, 0.1) is 16.0 Å². The van der Waals surface area contributed by atoms with Crippen LogP contribution in [0.4, 0.5) is 23.2 Å². The molecule has 0 aliphatic carbocycles. The third kappa shape index (κ3) is 4.76. The summed E-state index contributed by atoms with van der Waals surface area (Å²) < 4.78 is 78.8. The topological polar surface area (TPSA) is 66.5 Å². The summed E-state index contributed by atoms with van der Waals surface area (Å²) in [5.41, 5.74) is -1.78. The molecule has 29 heavy (non-hydrogen) atoms. The second-order valence-corrected chi connectivity index (χ2v) is 8.57. The Morgan fingerprint density at radius 3 is 2.17 bits per heavy atom. The van der Waals surface area contributed by atoms with E-state index in [2.05, 4.69) is 5.32 Å². The molecule has 2 aromatic carbocycles. The van der Waals surface area contributed by atoms with Crippen LogP contribution in [-0.4, -0.2) is 31.7 Å². The van der Waals surface area contributed by atoms with E-state index >= 15 is 0 Å². The Hall–Kier alpha value is -2.46. The van der Waals surface area contributed by atoms with E-state index in [9.17, 15) is 30.8 Å². The predicted molar refractivity (Wildman–Crippen MR) is 98.4 cm³/mol. The molecule has 10 heteroatoms. The van der Waals surface area contributed by atoms with E-state index in [1.165, 1.54) is 28.6 Å². The number of amides is 1. The molecule has 0 saturated carbocycles. The highest BCUT2D eigenvalue weighted by molar-refractivity contribution is 7.89. The summed E-state index contributed by atoms with van der Waals surface area (Å²) in [5, 5.41) is 2.28. The van der Waals surface area contributed by atoms with E-state index < -0.39 is 39.1 Å². The van der Waals surface area contributed by atoms with Crippen molar-refractivity contribution in [1.82, 2.24) is 4.31 Å². The second-order valence-electron chi connectivity index (χ2n) is 6.64. The fourth-order valence-corrected chi connectivity index (χ4v) is 4.56.